The van der Waals surface area contributed by atoms with Crippen LogP contribution in [0.25, 0.3) is 0 Å². The summed E-state index contributed by atoms with van der Waals surface area (Å²) in [5.74, 6) is 1.83. The van der Waals surface area contributed by atoms with E-state index in [4.69, 9.17) is 4.74 Å². The molecule has 130 valence electrons. The van der Waals surface area contributed by atoms with Gasteiger partial charge in [-0.05, 0) is 44.6 Å². The van der Waals surface area contributed by atoms with Crippen LogP contribution < -0.4 is 0 Å². The molecule has 5 heteroatoms. The largest absolute Gasteiger partial charge is 0.462 e. The lowest BCUT2D eigenvalue weighted by atomic mass is 9.66. The maximum Gasteiger partial charge on any atom is 0.177 e. The molecule has 0 N–H and O–H groups in total. The Morgan fingerprint density at radius 2 is 2.17 bits per heavy atom. The number of hydrogen-bond acceptors (Lipinski definition) is 4. The summed E-state index contributed by atoms with van der Waals surface area (Å²) >= 11 is 0. The van der Waals surface area contributed by atoms with Gasteiger partial charge in [-0.15, -0.1) is 0 Å². The van der Waals surface area contributed by atoms with Crippen molar-refractivity contribution in [3.63, 3.8) is 0 Å². The molecule has 0 aromatic heterocycles. The monoisotopic (exact) mass is 347 g/mol. The van der Waals surface area contributed by atoms with E-state index < -0.39 is 9.84 Å². The van der Waals surface area contributed by atoms with Crippen molar-refractivity contribution in [3.8, 4) is 0 Å². The quantitative estimate of drug-likeness (QED) is 0.745. The summed E-state index contributed by atoms with van der Waals surface area (Å²) in [7, 11) is -3.21. The van der Waals surface area contributed by atoms with Crippen LogP contribution in [0.3, 0.4) is 0 Å². The van der Waals surface area contributed by atoms with E-state index in [1.54, 1.807) is 13.8 Å². The normalized spacial score (nSPS) is 31.1. The second kappa shape index (κ2) is 5.51. The summed E-state index contributed by atoms with van der Waals surface area (Å²) < 4.78 is 31.0. The maximum atomic E-state index is 12.3. The lowest BCUT2D eigenvalue weighted by Crippen LogP contribution is -2.34. The van der Waals surface area contributed by atoms with Gasteiger partial charge in [0.2, 0.25) is 0 Å². The second-order valence-electron chi connectivity index (χ2n) is 7.21. The third-order valence-electron chi connectivity index (χ3n) is 5.96. The first-order chi connectivity index (χ1) is 11.5. The fourth-order valence-electron chi connectivity index (χ4n) is 4.47. The molecule has 2 fully saturated rings. The van der Waals surface area contributed by atoms with Gasteiger partial charge >= 0.3 is 0 Å². The average Bonchev–Trinajstić information content (AvgIpc) is 2.98. The number of ether oxygens (including phenoxy) is 1. The molecule has 4 rings (SSSR count). The van der Waals surface area contributed by atoms with Crippen molar-refractivity contribution in [1.29, 1.82) is 0 Å². The van der Waals surface area contributed by atoms with Gasteiger partial charge in [-0.2, -0.15) is 0 Å². The minimum absolute atomic E-state index is 0.0882. The Bertz CT molecular complexity index is 800. The van der Waals surface area contributed by atoms with Crippen molar-refractivity contribution in [3.05, 3.63) is 46.2 Å². The molecule has 1 atom stereocenters. The zero-order valence-corrected chi connectivity index (χ0v) is 15.3. The third kappa shape index (κ3) is 2.20. The Hall–Kier alpha value is -1.49. The molecule has 24 heavy (non-hydrogen) atoms. The lowest BCUT2D eigenvalue weighted by Gasteiger charge is -2.42. The zero-order valence-electron chi connectivity index (χ0n) is 14.5. The van der Waals surface area contributed by atoms with Crippen molar-refractivity contribution < 1.29 is 13.2 Å². The van der Waals surface area contributed by atoms with Gasteiger partial charge in [0.1, 0.15) is 11.5 Å². The SMILES string of the molecule is CCS(=O)(=O)/C(C)=C1/CC23CCCCC2=CN2C=CCCC2=C3O1. The van der Waals surface area contributed by atoms with Crippen LogP contribution in [0.15, 0.2) is 46.2 Å². The number of allylic oxidation sites excluding steroid dienone is 5. The number of sulfone groups is 1. The van der Waals surface area contributed by atoms with E-state index in [9.17, 15) is 8.42 Å². The number of rotatable bonds is 2. The van der Waals surface area contributed by atoms with Gasteiger partial charge in [-0.1, -0.05) is 19.4 Å². The highest BCUT2D eigenvalue weighted by molar-refractivity contribution is 7.95. The number of hydrogen-bond donors (Lipinski definition) is 0. The van der Waals surface area contributed by atoms with E-state index in [-0.39, 0.29) is 11.2 Å². The minimum atomic E-state index is -3.21. The molecule has 3 aliphatic heterocycles. The van der Waals surface area contributed by atoms with Crippen molar-refractivity contribution in [2.24, 2.45) is 5.41 Å². The first-order valence-electron chi connectivity index (χ1n) is 8.98. The van der Waals surface area contributed by atoms with E-state index in [2.05, 4.69) is 23.4 Å². The third-order valence-corrected chi connectivity index (χ3v) is 7.88. The summed E-state index contributed by atoms with van der Waals surface area (Å²) in [5, 5.41) is 0. The van der Waals surface area contributed by atoms with Crippen LogP contribution in [0.1, 0.15) is 58.8 Å². The van der Waals surface area contributed by atoms with Crippen LogP contribution in [0.2, 0.25) is 0 Å². The summed E-state index contributed by atoms with van der Waals surface area (Å²) in [4.78, 5) is 2.62. The fraction of sp³-hybridized carbons (Fsp3) is 0.579. The molecule has 0 aromatic carbocycles. The Morgan fingerprint density at radius 1 is 1.33 bits per heavy atom. The Labute approximate surface area is 144 Å². The summed E-state index contributed by atoms with van der Waals surface area (Å²) in [6, 6.07) is 0. The van der Waals surface area contributed by atoms with Crippen molar-refractivity contribution in [2.45, 2.75) is 58.8 Å². The molecular formula is C19H25NO3S. The topological polar surface area (TPSA) is 46.6 Å². The van der Waals surface area contributed by atoms with Crippen LogP contribution in [0.5, 0.6) is 0 Å². The molecule has 0 bridgehead atoms. The number of fused-ring (bicyclic) bond motifs is 1. The molecule has 3 heterocycles. The summed E-state index contributed by atoms with van der Waals surface area (Å²) in [6.07, 6.45) is 13.8. The second-order valence-corrected chi connectivity index (χ2v) is 9.63. The van der Waals surface area contributed by atoms with Gasteiger partial charge in [0.25, 0.3) is 0 Å². The smallest absolute Gasteiger partial charge is 0.177 e. The van der Waals surface area contributed by atoms with Gasteiger partial charge in [0, 0.05) is 18.8 Å². The standard InChI is InChI=1S/C19H25NO3S/c1-3-24(21,22)14(2)17-12-19-10-6-4-8-15(19)13-20-11-7-5-9-16(20)18(19)23-17/h7,11,13H,3-6,8-10,12H2,1-2H3/b17-14-. The van der Waals surface area contributed by atoms with E-state index in [0.29, 0.717) is 17.1 Å². The van der Waals surface area contributed by atoms with Crippen LogP contribution in [-0.4, -0.2) is 19.1 Å². The van der Waals surface area contributed by atoms with Gasteiger partial charge in [0.05, 0.1) is 21.8 Å². The molecule has 4 aliphatic rings. The highest BCUT2D eigenvalue weighted by Gasteiger charge is 2.52. The van der Waals surface area contributed by atoms with Gasteiger partial charge < -0.3 is 9.64 Å². The first kappa shape index (κ1) is 16.0. The highest BCUT2D eigenvalue weighted by Crippen LogP contribution is 2.60. The predicted octanol–water partition coefficient (Wildman–Crippen LogP) is 4.35. The molecule has 0 radical (unpaired) electrons. The van der Waals surface area contributed by atoms with Crippen LogP contribution in [0, 0.1) is 5.41 Å². The van der Waals surface area contributed by atoms with Gasteiger partial charge in [-0.3, -0.25) is 0 Å². The van der Waals surface area contributed by atoms with E-state index in [0.717, 1.165) is 31.4 Å². The molecular weight excluding hydrogens is 322 g/mol. The molecule has 0 amide bonds. The average molecular weight is 347 g/mol. The van der Waals surface area contributed by atoms with Crippen molar-refractivity contribution in [1.82, 2.24) is 4.90 Å². The minimum Gasteiger partial charge on any atom is -0.462 e. The maximum absolute atomic E-state index is 12.3. The summed E-state index contributed by atoms with van der Waals surface area (Å²) in [6.45, 7) is 3.40. The van der Waals surface area contributed by atoms with Crippen LogP contribution in [0.4, 0.5) is 0 Å². The highest BCUT2D eigenvalue weighted by atomic mass is 32.2. The Balaban J connectivity index is 1.87. The van der Waals surface area contributed by atoms with E-state index >= 15 is 0 Å². The fourth-order valence-corrected chi connectivity index (χ4v) is 5.36. The molecule has 1 unspecified atom stereocenters. The molecule has 4 nitrogen and oxygen atoms in total. The van der Waals surface area contributed by atoms with Gasteiger partial charge in [0.15, 0.2) is 9.84 Å². The van der Waals surface area contributed by atoms with E-state index in [1.165, 1.54) is 24.1 Å². The molecule has 1 spiro atoms. The predicted molar refractivity (Wildman–Crippen MR) is 94.1 cm³/mol. The van der Waals surface area contributed by atoms with Crippen molar-refractivity contribution >= 4 is 9.84 Å². The molecule has 1 saturated heterocycles. The Kier molecular flexibility index (Phi) is 3.68. The van der Waals surface area contributed by atoms with Crippen LogP contribution >= 0.6 is 0 Å². The zero-order chi connectivity index (χ0) is 16.9. The molecule has 1 aliphatic carbocycles. The van der Waals surface area contributed by atoms with Gasteiger partial charge in [-0.25, -0.2) is 8.42 Å². The molecule has 0 aromatic rings. The van der Waals surface area contributed by atoms with Crippen molar-refractivity contribution in [2.75, 3.05) is 5.75 Å². The first-order valence-corrected chi connectivity index (χ1v) is 10.6. The Morgan fingerprint density at radius 3 is 2.96 bits per heavy atom. The summed E-state index contributed by atoms with van der Waals surface area (Å²) in [5.41, 5.74) is 2.55. The lowest BCUT2D eigenvalue weighted by molar-refractivity contribution is 0.235. The molecule has 1 saturated carbocycles. The van der Waals surface area contributed by atoms with E-state index in [1.807, 2.05) is 0 Å². The van der Waals surface area contributed by atoms with Crippen LogP contribution in [-0.2, 0) is 14.6 Å². The number of nitrogens with zero attached hydrogens (tertiary/aromatic N) is 1.